The molecule has 2 atom stereocenters. The number of rotatable bonds is 5. The van der Waals surface area contributed by atoms with Gasteiger partial charge >= 0.3 is 0 Å². The van der Waals surface area contributed by atoms with Crippen molar-refractivity contribution in [3.05, 3.63) is 0 Å². The maximum atomic E-state index is 9.63. The molecule has 1 aliphatic rings. The van der Waals surface area contributed by atoms with E-state index in [0.717, 1.165) is 19.4 Å². The fourth-order valence-corrected chi connectivity index (χ4v) is 2.18. The van der Waals surface area contributed by atoms with Crippen LogP contribution in [-0.4, -0.2) is 48.8 Å². The van der Waals surface area contributed by atoms with Crippen LogP contribution in [0.1, 0.15) is 39.0 Å². The standard InChI is InChI=1S/C12H26N2O/c1-3-5-12(15)10-13-11-6-4-8-14(2)9-7-11/h11-13,15H,3-10H2,1-2H3. The molecule has 0 radical (unpaired) electrons. The molecule has 2 unspecified atom stereocenters. The van der Waals surface area contributed by atoms with E-state index >= 15 is 0 Å². The molecule has 2 N–H and O–H groups in total. The van der Waals surface area contributed by atoms with Gasteiger partial charge in [0.1, 0.15) is 0 Å². The quantitative estimate of drug-likeness (QED) is 0.722. The monoisotopic (exact) mass is 214 g/mol. The largest absolute Gasteiger partial charge is 0.392 e. The van der Waals surface area contributed by atoms with E-state index in [1.165, 1.54) is 32.4 Å². The van der Waals surface area contributed by atoms with Gasteiger partial charge in [-0.25, -0.2) is 0 Å². The van der Waals surface area contributed by atoms with E-state index < -0.39 is 0 Å². The van der Waals surface area contributed by atoms with Crippen LogP contribution in [-0.2, 0) is 0 Å². The third-order valence-electron chi connectivity index (χ3n) is 3.22. The summed E-state index contributed by atoms with van der Waals surface area (Å²) >= 11 is 0. The Morgan fingerprint density at radius 2 is 2.20 bits per heavy atom. The second kappa shape index (κ2) is 7.20. The van der Waals surface area contributed by atoms with Crippen LogP contribution < -0.4 is 5.32 Å². The smallest absolute Gasteiger partial charge is 0.0664 e. The zero-order valence-electron chi connectivity index (χ0n) is 10.2. The summed E-state index contributed by atoms with van der Waals surface area (Å²) in [7, 11) is 2.19. The Morgan fingerprint density at radius 3 is 2.93 bits per heavy atom. The third-order valence-corrected chi connectivity index (χ3v) is 3.22. The molecule has 3 heteroatoms. The van der Waals surface area contributed by atoms with Crippen molar-refractivity contribution in [3.63, 3.8) is 0 Å². The molecule has 1 aliphatic heterocycles. The van der Waals surface area contributed by atoms with Crippen molar-refractivity contribution in [1.29, 1.82) is 0 Å². The molecular formula is C12H26N2O. The van der Waals surface area contributed by atoms with Crippen LogP contribution >= 0.6 is 0 Å². The molecule has 90 valence electrons. The van der Waals surface area contributed by atoms with Gasteiger partial charge in [-0.1, -0.05) is 13.3 Å². The van der Waals surface area contributed by atoms with Gasteiger partial charge in [-0.05, 0) is 45.8 Å². The average Bonchev–Trinajstić information content (AvgIpc) is 2.41. The minimum absolute atomic E-state index is 0.156. The number of nitrogens with zero attached hydrogens (tertiary/aromatic N) is 1. The minimum atomic E-state index is -0.156. The van der Waals surface area contributed by atoms with Crippen molar-refractivity contribution in [3.8, 4) is 0 Å². The van der Waals surface area contributed by atoms with Crippen molar-refractivity contribution < 1.29 is 5.11 Å². The van der Waals surface area contributed by atoms with Crippen molar-refractivity contribution in [2.45, 2.75) is 51.2 Å². The predicted molar refractivity (Wildman–Crippen MR) is 64.1 cm³/mol. The van der Waals surface area contributed by atoms with E-state index in [4.69, 9.17) is 0 Å². The normalized spacial score (nSPS) is 26.2. The van der Waals surface area contributed by atoms with Gasteiger partial charge in [0.15, 0.2) is 0 Å². The molecule has 1 rings (SSSR count). The minimum Gasteiger partial charge on any atom is -0.392 e. The van der Waals surface area contributed by atoms with E-state index in [2.05, 4.69) is 24.2 Å². The molecule has 0 amide bonds. The van der Waals surface area contributed by atoms with Gasteiger partial charge in [-0.2, -0.15) is 0 Å². The Labute approximate surface area is 93.9 Å². The molecule has 0 aromatic heterocycles. The van der Waals surface area contributed by atoms with Crippen LogP contribution in [0.25, 0.3) is 0 Å². The van der Waals surface area contributed by atoms with Crippen molar-refractivity contribution in [1.82, 2.24) is 10.2 Å². The van der Waals surface area contributed by atoms with E-state index in [0.29, 0.717) is 6.04 Å². The molecule has 0 saturated carbocycles. The Bertz CT molecular complexity index is 164. The van der Waals surface area contributed by atoms with Crippen LogP contribution in [0.4, 0.5) is 0 Å². The lowest BCUT2D eigenvalue weighted by Gasteiger charge is -2.19. The summed E-state index contributed by atoms with van der Waals surface area (Å²) in [6, 6.07) is 0.612. The summed E-state index contributed by atoms with van der Waals surface area (Å²) < 4.78 is 0. The van der Waals surface area contributed by atoms with Gasteiger partial charge in [0.05, 0.1) is 6.10 Å². The maximum absolute atomic E-state index is 9.63. The lowest BCUT2D eigenvalue weighted by Crippen LogP contribution is -2.36. The average molecular weight is 214 g/mol. The van der Waals surface area contributed by atoms with Crippen LogP contribution in [0.5, 0.6) is 0 Å². The number of aliphatic hydroxyl groups excluding tert-OH is 1. The summed E-state index contributed by atoms with van der Waals surface area (Å²) in [6.07, 6.45) is 5.57. The number of hydrogen-bond acceptors (Lipinski definition) is 3. The lowest BCUT2D eigenvalue weighted by molar-refractivity contribution is 0.155. The first-order valence-electron chi connectivity index (χ1n) is 6.32. The molecule has 3 nitrogen and oxygen atoms in total. The van der Waals surface area contributed by atoms with E-state index in [1.807, 2.05) is 0 Å². The first-order valence-corrected chi connectivity index (χ1v) is 6.32. The second-order valence-electron chi connectivity index (χ2n) is 4.78. The van der Waals surface area contributed by atoms with Gasteiger partial charge in [0.2, 0.25) is 0 Å². The highest BCUT2D eigenvalue weighted by Gasteiger charge is 2.14. The molecule has 1 fully saturated rings. The van der Waals surface area contributed by atoms with E-state index in [9.17, 15) is 5.11 Å². The highest BCUT2D eigenvalue weighted by atomic mass is 16.3. The van der Waals surface area contributed by atoms with Crippen LogP contribution in [0.15, 0.2) is 0 Å². The highest BCUT2D eigenvalue weighted by Crippen LogP contribution is 2.09. The lowest BCUT2D eigenvalue weighted by atomic mass is 10.1. The molecule has 0 aromatic rings. The fourth-order valence-electron chi connectivity index (χ4n) is 2.18. The number of nitrogens with one attached hydrogen (secondary N) is 1. The van der Waals surface area contributed by atoms with Crippen LogP contribution in [0.3, 0.4) is 0 Å². The molecule has 0 aliphatic carbocycles. The Morgan fingerprint density at radius 1 is 1.40 bits per heavy atom. The van der Waals surface area contributed by atoms with Crippen LogP contribution in [0, 0.1) is 0 Å². The summed E-state index contributed by atoms with van der Waals surface area (Å²) in [5.41, 5.74) is 0. The number of hydrogen-bond donors (Lipinski definition) is 2. The highest BCUT2D eigenvalue weighted by molar-refractivity contribution is 4.74. The number of aliphatic hydroxyl groups is 1. The van der Waals surface area contributed by atoms with Crippen molar-refractivity contribution in [2.24, 2.45) is 0 Å². The van der Waals surface area contributed by atoms with Gasteiger partial charge in [-0.15, -0.1) is 0 Å². The van der Waals surface area contributed by atoms with Gasteiger partial charge in [0.25, 0.3) is 0 Å². The topological polar surface area (TPSA) is 35.5 Å². The molecule has 1 heterocycles. The van der Waals surface area contributed by atoms with Crippen molar-refractivity contribution >= 4 is 0 Å². The maximum Gasteiger partial charge on any atom is 0.0664 e. The van der Waals surface area contributed by atoms with Crippen LogP contribution in [0.2, 0.25) is 0 Å². The molecule has 1 saturated heterocycles. The third kappa shape index (κ3) is 5.50. The van der Waals surface area contributed by atoms with E-state index in [1.54, 1.807) is 0 Å². The summed E-state index contributed by atoms with van der Waals surface area (Å²) in [6.45, 7) is 5.28. The summed E-state index contributed by atoms with van der Waals surface area (Å²) in [5.74, 6) is 0. The Hall–Kier alpha value is -0.120. The van der Waals surface area contributed by atoms with Gasteiger partial charge in [0, 0.05) is 12.6 Å². The SMILES string of the molecule is CCCC(O)CNC1CCCN(C)CC1. The Kier molecular flexibility index (Phi) is 6.22. The number of likely N-dealkylation sites (tertiary alicyclic amines) is 1. The first kappa shape index (κ1) is 12.9. The molecule has 0 bridgehead atoms. The molecule has 15 heavy (non-hydrogen) atoms. The second-order valence-corrected chi connectivity index (χ2v) is 4.78. The van der Waals surface area contributed by atoms with Crippen molar-refractivity contribution in [2.75, 3.05) is 26.7 Å². The summed E-state index contributed by atoms with van der Waals surface area (Å²) in [5, 5.41) is 13.1. The van der Waals surface area contributed by atoms with Gasteiger partial charge in [-0.3, -0.25) is 0 Å². The fraction of sp³-hybridized carbons (Fsp3) is 1.00. The van der Waals surface area contributed by atoms with E-state index in [-0.39, 0.29) is 6.10 Å². The first-order chi connectivity index (χ1) is 7.22. The molecule has 0 spiro atoms. The summed E-state index contributed by atoms with van der Waals surface area (Å²) in [4.78, 5) is 2.39. The van der Waals surface area contributed by atoms with Gasteiger partial charge < -0.3 is 15.3 Å². The molecule has 0 aromatic carbocycles. The Balaban J connectivity index is 2.14. The predicted octanol–water partition coefficient (Wildman–Crippen LogP) is 1.22. The zero-order valence-corrected chi connectivity index (χ0v) is 10.2. The zero-order chi connectivity index (χ0) is 11.1. The molecular weight excluding hydrogens is 188 g/mol.